The quantitative estimate of drug-likeness (QED) is 0.737. The minimum absolute atomic E-state index is 0.0616. The van der Waals surface area contributed by atoms with Crippen LogP contribution in [-0.2, 0) is 9.47 Å². The van der Waals surface area contributed by atoms with E-state index in [9.17, 15) is 9.59 Å². The summed E-state index contributed by atoms with van der Waals surface area (Å²) in [4.78, 5) is 34.2. The van der Waals surface area contributed by atoms with Gasteiger partial charge in [-0.2, -0.15) is 4.90 Å². The molecule has 2 heterocycles. The van der Waals surface area contributed by atoms with Crippen molar-refractivity contribution in [2.45, 2.75) is 52.7 Å². The first-order valence-electron chi connectivity index (χ1n) is 7.73. The number of aromatic nitrogens is 3. The molecule has 2 radical (unpaired) electrons. The Hall–Kier alpha value is -2.58. The van der Waals surface area contributed by atoms with E-state index in [0.717, 1.165) is 0 Å². The molecule has 0 aliphatic carbocycles. The molecule has 2 rings (SSSR count). The molecule has 0 spiro atoms. The minimum atomic E-state index is -0.926. The first kappa shape index (κ1) is 18.8. The SMILES string of the molecule is [B]c1cn2ccnc2c(N(C(=O)OC(C)(C)C)C(=O)OC(C)(C)C)n1. The lowest BCUT2D eigenvalue weighted by Gasteiger charge is -2.28. The second-order valence-electron chi connectivity index (χ2n) is 7.44. The van der Waals surface area contributed by atoms with Crippen molar-refractivity contribution in [1.29, 1.82) is 0 Å². The third kappa shape index (κ3) is 4.71. The van der Waals surface area contributed by atoms with Gasteiger partial charge in [0.1, 0.15) is 19.0 Å². The number of carbonyl (C=O) groups excluding carboxylic acids is 2. The zero-order valence-corrected chi connectivity index (χ0v) is 15.2. The van der Waals surface area contributed by atoms with Gasteiger partial charge in [-0.05, 0) is 41.5 Å². The molecule has 0 atom stereocenters. The molecule has 0 aliphatic rings. The molecule has 25 heavy (non-hydrogen) atoms. The fourth-order valence-electron chi connectivity index (χ4n) is 1.95. The van der Waals surface area contributed by atoms with Crippen molar-refractivity contribution in [1.82, 2.24) is 14.4 Å². The number of nitrogens with zero attached hydrogens (tertiary/aromatic N) is 4. The van der Waals surface area contributed by atoms with E-state index < -0.39 is 23.4 Å². The second kappa shape index (κ2) is 6.38. The molecular weight excluding hydrogens is 323 g/mol. The molecule has 0 saturated heterocycles. The summed E-state index contributed by atoms with van der Waals surface area (Å²) < 4.78 is 12.2. The van der Waals surface area contributed by atoms with Crippen LogP contribution in [0.2, 0.25) is 0 Å². The van der Waals surface area contributed by atoms with E-state index in [1.54, 1.807) is 52.1 Å². The Labute approximate surface area is 147 Å². The van der Waals surface area contributed by atoms with Gasteiger partial charge < -0.3 is 13.9 Å². The number of fused-ring (bicyclic) bond motifs is 1. The van der Waals surface area contributed by atoms with E-state index in [0.29, 0.717) is 4.90 Å². The maximum atomic E-state index is 12.6. The highest BCUT2D eigenvalue weighted by molar-refractivity contribution is 6.31. The lowest BCUT2D eigenvalue weighted by Crippen LogP contribution is -2.45. The highest BCUT2D eigenvalue weighted by Gasteiger charge is 2.35. The van der Waals surface area contributed by atoms with E-state index in [2.05, 4.69) is 9.97 Å². The molecule has 2 amide bonds. The van der Waals surface area contributed by atoms with Crippen molar-refractivity contribution in [2.24, 2.45) is 0 Å². The maximum Gasteiger partial charge on any atom is 0.425 e. The topological polar surface area (TPSA) is 86.0 Å². The van der Waals surface area contributed by atoms with Crippen LogP contribution in [0.15, 0.2) is 18.6 Å². The molecular formula is C16H21BN4O4. The van der Waals surface area contributed by atoms with Gasteiger partial charge >= 0.3 is 12.2 Å². The summed E-state index contributed by atoms with van der Waals surface area (Å²) in [5.74, 6) is -0.0616. The Morgan fingerprint density at radius 1 is 1.08 bits per heavy atom. The van der Waals surface area contributed by atoms with Gasteiger partial charge in [-0.1, -0.05) is 0 Å². The summed E-state index contributed by atoms with van der Waals surface area (Å²) in [5, 5.41) is 0. The van der Waals surface area contributed by atoms with E-state index in [1.807, 2.05) is 0 Å². The molecule has 0 bridgehead atoms. The van der Waals surface area contributed by atoms with Gasteiger partial charge in [0.25, 0.3) is 0 Å². The Morgan fingerprint density at radius 2 is 1.60 bits per heavy atom. The van der Waals surface area contributed by atoms with Crippen molar-refractivity contribution < 1.29 is 19.1 Å². The highest BCUT2D eigenvalue weighted by Crippen LogP contribution is 2.22. The standard InChI is InChI=1S/C16H21BN4O4/c1-15(2,3)24-13(22)21(14(23)25-16(4,5)6)12-11-18-7-8-20(11)9-10(17)19-12/h7-9H,1-6H3. The van der Waals surface area contributed by atoms with Crippen molar-refractivity contribution in [3.63, 3.8) is 0 Å². The summed E-state index contributed by atoms with van der Waals surface area (Å²) in [5.41, 5.74) is -1.25. The molecule has 0 fully saturated rings. The number of carbonyl (C=O) groups is 2. The normalized spacial score (nSPS) is 12.1. The summed E-state index contributed by atoms with van der Waals surface area (Å²) in [6.45, 7) is 10.1. The Bertz CT molecular complexity index is 777. The molecule has 0 aromatic carbocycles. The number of hydrogen-bond donors (Lipinski definition) is 0. The number of rotatable bonds is 1. The predicted octanol–water partition coefficient (Wildman–Crippen LogP) is 2.20. The van der Waals surface area contributed by atoms with Gasteiger partial charge in [0.2, 0.25) is 0 Å². The van der Waals surface area contributed by atoms with E-state index in [-0.39, 0.29) is 17.1 Å². The molecule has 8 nitrogen and oxygen atoms in total. The summed E-state index contributed by atoms with van der Waals surface area (Å²) >= 11 is 0. The van der Waals surface area contributed by atoms with Crippen LogP contribution in [0.4, 0.5) is 15.4 Å². The average molecular weight is 344 g/mol. The largest absolute Gasteiger partial charge is 0.443 e. The maximum absolute atomic E-state index is 12.6. The van der Waals surface area contributed by atoms with Gasteiger partial charge in [-0.15, -0.1) is 0 Å². The monoisotopic (exact) mass is 344 g/mol. The van der Waals surface area contributed by atoms with Crippen LogP contribution >= 0.6 is 0 Å². The summed E-state index contributed by atoms with van der Waals surface area (Å²) in [7, 11) is 5.79. The highest BCUT2D eigenvalue weighted by atomic mass is 16.6. The first-order chi connectivity index (χ1) is 11.4. The first-order valence-corrected chi connectivity index (χ1v) is 7.73. The van der Waals surface area contributed by atoms with Crippen LogP contribution in [0.3, 0.4) is 0 Å². The number of ether oxygens (including phenoxy) is 2. The molecule has 0 aliphatic heterocycles. The fraction of sp³-hybridized carbons (Fsp3) is 0.500. The van der Waals surface area contributed by atoms with Gasteiger partial charge in [-0.3, -0.25) is 0 Å². The molecule has 132 valence electrons. The Morgan fingerprint density at radius 3 is 2.08 bits per heavy atom. The predicted molar refractivity (Wildman–Crippen MR) is 93.3 cm³/mol. The van der Waals surface area contributed by atoms with Crippen LogP contribution in [0, 0.1) is 0 Å². The van der Waals surface area contributed by atoms with Gasteiger partial charge in [-0.25, -0.2) is 19.6 Å². The van der Waals surface area contributed by atoms with Gasteiger partial charge in [0.15, 0.2) is 11.5 Å². The molecule has 2 aromatic rings. The fourth-order valence-corrected chi connectivity index (χ4v) is 1.95. The number of hydrogen-bond acceptors (Lipinski definition) is 6. The zero-order valence-electron chi connectivity index (χ0n) is 15.2. The number of imide groups is 1. The van der Waals surface area contributed by atoms with E-state index in [1.165, 1.54) is 12.4 Å². The van der Waals surface area contributed by atoms with Crippen molar-refractivity contribution in [3.05, 3.63) is 18.6 Å². The molecule has 9 heteroatoms. The summed E-state index contributed by atoms with van der Waals surface area (Å²) in [6.07, 6.45) is 2.80. The van der Waals surface area contributed by atoms with Crippen molar-refractivity contribution in [2.75, 3.05) is 4.90 Å². The Balaban J connectivity index is 2.55. The number of amides is 2. The molecule has 0 N–H and O–H groups in total. The van der Waals surface area contributed by atoms with Crippen LogP contribution in [0.1, 0.15) is 41.5 Å². The summed E-state index contributed by atoms with van der Waals surface area (Å²) in [6, 6.07) is 0. The molecule has 0 unspecified atom stereocenters. The smallest absolute Gasteiger partial charge is 0.425 e. The second-order valence-corrected chi connectivity index (χ2v) is 7.44. The third-order valence-electron chi connectivity index (χ3n) is 2.74. The van der Waals surface area contributed by atoms with Gasteiger partial charge in [0.05, 0.1) is 0 Å². The lowest BCUT2D eigenvalue weighted by atomic mass is 10.1. The third-order valence-corrected chi connectivity index (χ3v) is 2.74. The van der Waals surface area contributed by atoms with Gasteiger partial charge in [0, 0.05) is 24.2 Å². The zero-order chi connectivity index (χ0) is 19.0. The lowest BCUT2D eigenvalue weighted by molar-refractivity contribution is 0.0429. The molecule has 0 saturated carbocycles. The van der Waals surface area contributed by atoms with Crippen LogP contribution in [0.25, 0.3) is 5.65 Å². The number of anilines is 1. The van der Waals surface area contributed by atoms with Crippen LogP contribution in [0.5, 0.6) is 0 Å². The average Bonchev–Trinajstić information content (AvgIpc) is 2.82. The molecule has 2 aromatic heterocycles. The van der Waals surface area contributed by atoms with Crippen LogP contribution < -0.4 is 10.5 Å². The van der Waals surface area contributed by atoms with Crippen LogP contribution in [-0.4, -0.2) is 45.6 Å². The van der Waals surface area contributed by atoms with Crippen molar-refractivity contribution >= 4 is 37.1 Å². The Kier molecular flexibility index (Phi) is 4.79. The van der Waals surface area contributed by atoms with E-state index in [4.69, 9.17) is 17.3 Å². The van der Waals surface area contributed by atoms with E-state index >= 15 is 0 Å². The minimum Gasteiger partial charge on any atom is -0.443 e. The van der Waals surface area contributed by atoms with Crippen molar-refractivity contribution in [3.8, 4) is 0 Å². The number of imidazole rings is 1.